The summed E-state index contributed by atoms with van der Waals surface area (Å²) in [5.74, 6) is -3.20. The number of alkyl halides is 3. The van der Waals surface area contributed by atoms with Crippen molar-refractivity contribution in [2.24, 2.45) is 5.41 Å². The molecule has 46 heavy (non-hydrogen) atoms. The van der Waals surface area contributed by atoms with Crippen LogP contribution in [0.1, 0.15) is 71.4 Å². The number of piperidine rings is 2. The highest BCUT2D eigenvalue weighted by molar-refractivity contribution is 6.07. The third-order valence-corrected chi connectivity index (χ3v) is 9.61. The quantitative estimate of drug-likeness (QED) is 0.226. The van der Waals surface area contributed by atoms with Crippen LogP contribution in [0.3, 0.4) is 0 Å². The van der Waals surface area contributed by atoms with Gasteiger partial charge in [0.05, 0.1) is 5.56 Å². The van der Waals surface area contributed by atoms with Gasteiger partial charge in [0.2, 0.25) is 0 Å². The zero-order valence-corrected chi connectivity index (χ0v) is 26.0. The van der Waals surface area contributed by atoms with E-state index >= 15 is 0 Å². The number of halogens is 3. The van der Waals surface area contributed by atoms with Crippen molar-refractivity contribution in [3.05, 3.63) is 89.0 Å². The van der Waals surface area contributed by atoms with Crippen LogP contribution in [0.5, 0.6) is 5.75 Å². The molecule has 2 fully saturated rings. The van der Waals surface area contributed by atoms with Gasteiger partial charge < -0.3 is 14.4 Å². The van der Waals surface area contributed by atoms with Crippen LogP contribution in [0, 0.1) is 5.41 Å². The second kappa shape index (κ2) is 12.2. The van der Waals surface area contributed by atoms with Crippen LogP contribution in [-0.4, -0.2) is 65.6 Å². The van der Waals surface area contributed by atoms with Gasteiger partial charge in [-0.05, 0) is 86.9 Å². The summed E-state index contributed by atoms with van der Waals surface area (Å²) in [7, 11) is 0. The number of hydrogen-bond donors (Lipinski definition) is 0. The predicted octanol–water partition coefficient (Wildman–Crippen LogP) is 6.83. The Balaban J connectivity index is 1.10. The molecule has 0 aromatic heterocycles. The minimum atomic E-state index is -5.31. The summed E-state index contributed by atoms with van der Waals surface area (Å²) in [6, 6.07) is 19.0. The standard InChI is InChI=1S/C36H37F3N2O5/c1-34(2)22-24-8-7-9-25(30(24)46-34)23-40-18-14-35(15-19-40)16-20-41(21-17-35)31(42)28-12-5-3-10-26(28)27-11-4-6-13-29(27)32(43)45-33(44)36(37,38)39/h3-13H,14-23H2,1-2H3. The molecule has 3 aliphatic heterocycles. The molecule has 0 bridgehead atoms. The van der Waals surface area contributed by atoms with Gasteiger partial charge in [-0.3, -0.25) is 9.69 Å². The van der Waals surface area contributed by atoms with Crippen LogP contribution >= 0.6 is 0 Å². The van der Waals surface area contributed by atoms with Gasteiger partial charge in [0.1, 0.15) is 11.4 Å². The largest absolute Gasteiger partial charge is 0.491 e. The third kappa shape index (κ3) is 6.54. The first-order chi connectivity index (χ1) is 21.8. The van der Waals surface area contributed by atoms with Gasteiger partial charge in [-0.15, -0.1) is 0 Å². The molecule has 0 saturated carbocycles. The second-order valence-corrected chi connectivity index (χ2v) is 13.3. The summed E-state index contributed by atoms with van der Waals surface area (Å²) in [5, 5.41) is 0. The Bertz CT molecular complexity index is 1650. The lowest BCUT2D eigenvalue weighted by atomic mass is 9.71. The summed E-state index contributed by atoms with van der Waals surface area (Å²) >= 11 is 0. The fourth-order valence-electron chi connectivity index (χ4n) is 7.08. The molecule has 0 N–H and O–H groups in total. The van der Waals surface area contributed by atoms with Gasteiger partial charge in [-0.25, -0.2) is 9.59 Å². The highest BCUT2D eigenvalue weighted by atomic mass is 19.4. The molecule has 10 heteroatoms. The Hall–Kier alpha value is -4.18. The van der Waals surface area contributed by atoms with Crippen molar-refractivity contribution in [2.45, 2.75) is 64.3 Å². The molecule has 3 aliphatic rings. The maximum absolute atomic E-state index is 13.8. The molecular weight excluding hydrogens is 597 g/mol. The van der Waals surface area contributed by atoms with E-state index in [1.165, 1.54) is 29.3 Å². The van der Waals surface area contributed by atoms with Crippen LogP contribution < -0.4 is 4.74 Å². The molecule has 0 unspecified atom stereocenters. The molecule has 1 amide bonds. The first-order valence-electron chi connectivity index (χ1n) is 15.7. The molecule has 3 aromatic carbocycles. The number of para-hydroxylation sites is 1. The van der Waals surface area contributed by atoms with Crippen LogP contribution in [0.15, 0.2) is 66.7 Å². The molecule has 3 heterocycles. The molecule has 1 spiro atoms. The number of esters is 2. The Kier molecular flexibility index (Phi) is 8.43. The maximum Gasteiger partial charge on any atom is 0.491 e. The van der Waals surface area contributed by atoms with E-state index in [4.69, 9.17) is 4.74 Å². The Morgan fingerprint density at radius 2 is 1.39 bits per heavy atom. The van der Waals surface area contributed by atoms with Crippen LogP contribution in [0.4, 0.5) is 13.2 Å². The van der Waals surface area contributed by atoms with Crippen molar-refractivity contribution in [3.63, 3.8) is 0 Å². The third-order valence-electron chi connectivity index (χ3n) is 9.61. The summed E-state index contributed by atoms with van der Waals surface area (Å²) in [6.07, 6.45) is -0.515. The lowest BCUT2D eigenvalue weighted by Gasteiger charge is -2.47. The van der Waals surface area contributed by atoms with Crippen molar-refractivity contribution < 1.29 is 37.0 Å². The zero-order chi connectivity index (χ0) is 32.7. The number of carbonyl (C=O) groups is 3. The second-order valence-electron chi connectivity index (χ2n) is 13.3. The molecular formula is C36H37F3N2O5. The van der Waals surface area contributed by atoms with Crippen molar-refractivity contribution in [1.29, 1.82) is 0 Å². The molecule has 6 rings (SSSR count). The van der Waals surface area contributed by atoms with Crippen molar-refractivity contribution in [1.82, 2.24) is 9.80 Å². The Labute approximate surface area is 266 Å². The number of carbonyl (C=O) groups excluding carboxylic acids is 3. The molecule has 2 saturated heterocycles. The molecule has 242 valence electrons. The van der Waals surface area contributed by atoms with E-state index in [-0.39, 0.29) is 28.1 Å². The number of hydrogen-bond acceptors (Lipinski definition) is 6. The number of benzene rings is 3. The smallest absolute Gasteiger partial charge is 0.487 e. The number of likely N-dealkylation sites (tertiary alicyclic amines) is 2. The van der Waals surface area contributed by atoms with E-state index < -0.39 is 18.1 Å². The summed E-state index contributed by atoms with van der Waals surface area (Å²) in [5.41, 5.74) is 3.19. The Morgan fingerprint density at radius 1 is 0.804 bits per heavy atom. The normalized spacial score (nSPS) is 18.9. The monoisotopic (exact) mass is 634 g/mol. The van der Waals surface area contributed by atoms with Gasteiger partial charge in [-0.2, -0.15) is 13.2 Å². The summed E-state index contributed by atoms with van der Waals surface area (Å²) in [6.45, 7) is 8.24. The molecule has 0 aliphatic carbocycles. The number of ether oxygens (including phenoxy) is 2. The minimum absolute atomic E-state index is 0.172. The van der Waals surface area contributed by atoms with Crippen molar-refractivity contribution in [2.75, 3.05) is 26.2 Å². The van der Waals surface area contributed by atoms with E-state index in [1.54, 1.807) is 30.3 Å². The molecule has 7 nitrogen and oxygen atoms in total. The van der Waals surface area contributed by atoms with Gasteiger partial charge >= 0.3 is 18.1 Å². The minimum Gasteiger partial charge on any atom is -0.487 e. The number of rotatable bonds is 5. The highest BCUT2D eigenvalue weighted by Crippen LogP contribution is 2.43. The first-order valence-corrected chi connectivity index (χ1v) is 15.7. The van der Waals surface area contributed by atoms with E-state index in [0.29, 0.717) is 24.2 Å². The lowest BCUT2D eigenvalue weighted by molar-refractivity contribution is -0.193. The highest BCUT2D eigenvalue weighted by Gasteiger charge is 2.43. The Morgan fingerprint density at radius 3 is 2.04 bits per heavy atom. The molecule has 3 aromatic rings. The van der Waals surface area contributed by atoms with Crippen LogP contribution in [0.25, 0.3) is 11.1 Å². The number of amides is 1. The van der Waals surface area contributed by atoms with Gasteiger partial charge in [0.25, 0.3) is 5.91 Å². The number of fused-ring (bicyclic) bond motifs is 1. The topological polar surface area (TPSA) is 76.2 Å². The van der Waals surface area contributed by atoms with Gasteiger partial charge in [0, 0.05) is 37.2 Å². The fraction of sp³-hybridized carbons (Fsp3) is 0.417. The average Bonchev–Trinajstić information content (AvgIpc) is 3.36. The van der Waals surface area contributed by atoms with Crippen LogP contribution in [-0.2, 0) is 22.5 Å². The van der Waals surface area contributed by atoms with Crippen molar-refractivity contribution in [3.8, 4) is 16.9 Å². The first kappa shape index (κ1) is 31.8. The summed E-state index contributed by atoms with van der Waals surface area (Å²) in [4.78, 5) is 42.1. The van der Waals surface area contributed by atoms with E-state index in [9.17, 15) is 27.6 Å². The van der Waals surface area contributed by atoms with Crippen LogP contribution in [0.2, 0.25) is 0 Å². The lowest BCUT2D eigenvalue weighted by Crippen LogP contribution is -2.48. The van der Waals surface area contributed by atoms with Gasteiger partial charge in [-0.1, -0.05) is 54.6 Å². The van der Waals surface area contributed by atoms with E-state index in [1.807, 2.05) is 4.90 Å². The number of nitrogens with zero attached hydrogens (tertiary/aromatic N) is 2. The molecule has 0 atom stereocenters. The van der Waals surface area contributed by atoms with E-state index in [0.717, 1.165) is 57.5 Å². The van der Waals surface area contributed by atoms with Gasteiger partial charge in [0.15, 0.2) is 0 Å². The van der Waals surface area contributed by atoms with Crippen molar-refractivity contribution >= 4 is 17.8 Å². The maximum atomic E-state index is 13.8. The average molecular weight is 635 g/mol. The SMILES string of the molecule is CC1(C)Cc2cccc(CN3CCC4(CC3)CCN(C(=O)c3ccccc3-c3ccccc3C(=O)OC(=O)C(F)(F)F)CC4)c2O1. The summed E-state index contributed by atoms with van der Waals surface area (Å²) < 4.78 is 48.6. The predicted molar refractivity (Wildman–Crippen MR) is 165 cm³/mol. The molecule has 0 radical (unpaired) electrons. The fourth-order valence-corrected chi connectivity index (χ4v) is 7.08. The van der Waals surface area contributed by atoms with E-state index in [2.05, 4.69) is 41.7 Å². The zero-order valence-electron chi connectivity index (χ0n) is 26.0.